The fraction of sp³-hybridized carbons (Fsp3) is 0.0769. The smallest absolute Gasteiger partial charge is 0.150 e. The van der Waals surface area contributed by atoms with E-state index in [4.69, 9.17) is 15.2 Å². The van der Waals surface area contributed by atoms with Crippen molar-refractivity contribution < 1.29 is 9.47 Å². The summed E-state index contributed by atoms with van der Waals surface area (Å²) in [5.41, 5.74) is 6.40. The molecular weight excluding hydrogens is 202 g/mol. The molecule has 0 bridgehead atoms. The second-order valence-corrected chi connectivity index (χ2v) is 3.32. The molecule has 0 unspecified atom stereocenters. The topological polar surface area (TPSA) is 44.5 Å². The predicted molar refractivity (Wildman–Crippen MR) is 63.9 cm³/mol. The van der Waals surface area contributed by atoms with E-state index >= 15 is 0 Å². The maximum Gasteiger partial charge on any atom is 0.150 e. The summed E-state index contributed by atoms with van der Waals surface area (Å²) in [5, 5.41) is 0. The van der Waals surface area contributed by atoms with E-state index < -0.39 is 0 Å². The Bertz CT molecular complexity index is 469. The highest BCUT2D eigenvalue weighted by Crippen LogP contribution is 2.30. The van der Waals surface area contributed by atoms with Gasteiger partial charge in [-0.15, -0.1) is 0 Å². The molecule has 82 valence electrons. The zero-order valence-electron chi connectivity index (χ0n) is 9.01. The van der Waals surface area contributed by atoms with Crippen LogP contribution in [0.3, 0.4) is 0 Å². The van der Waals surface area contributed by atoms with E-state index in [1.54, 1.807) is 19.2 Å². The van der Waals surface area contributed by atoms with E-state index in [1.165, 1.54) is 0 Å². The molecule has 2 rings (SSSR count). The highest BCUT2D eigenvalue weighted by molar-refractivity contribution is 5.57. The van der Waals surface area contributed by atoms with Crippen LogP contribution in [0.5, 0.6) is 17.2 Å². The second kappa shape index (κ2) is 4.57. The summed E-state index contributed by atoms with van der Waals surface area (Å²) in [4.78, 5) is 0. The molecule has 0 saturated heterocycles. The lowest BCUT2D eigenvalue weighted by atomic mass is 10.3. The summed E-state index contributed by atoms with van der Waals surface area (Å²) in [6.45, 7) is 0. The van der Waals surface area contributed by atoms with Gasteiger partial charge < -0.3 is 15.2 Å². The van der Waals surface area contributed by atoms with Crippen LogP contribution in [0.4, 0.5) is 5.69 Å². The van der Waals surface area contributed by atoms with Gasteiger partial charge >= 0.3 is 0 Å². The molecular formula is C13H13NO2. The van der Waals surface area contributed by atoms with Crippen molar-refractivity contribution in [2.75, 3.05) is 12.8 Å². The van der Waals surface area contributed by atoms with Crippen molar-refractivity contribution in [1.82, 2.24) is 0 Å². The first-order valence-corrected chi connectivity index (χ1v) is 4.96. The van der Waals surface area contributed by atoms with Crippen molar-refractivity contribution in [3.05, 3.63) is 48.5 Å². The summed E-state index contributed by atoms with van der Waals surface area (Å²) in [5.74, 6) is 2.12. The largest absolute Gasteiger partial charge is 0.497 e. The zero-order valence-corrected chi connectivity index (χ0v) is 9.01. The van der Waals surface area contributed by atoms with Gasteiger partial charge in [-0.1, -0.05) is 18.2 Å². The highest BCUT2D eigenvalue weighted by atomic mass is 16.5. The Morgan fingerprint density at radius 3 is 2.31 bits per heavy atom. The number of anilines is 1. The van der Waals surface area contributed by atoms with Gasteiger partial charge in [0.15, 0.2) is 5.75 Å². The Labute approximate surface area is 94.4 Å². The van der Waals surface area contributed by atoms with E-state index in [-0.39, 0.29) is 0 Å². The summed E-state index contributed by atoms with van der Waals surface area (Å²) in [7, 11) is 1.60. The van der Waals surface area contributed by atoms with Crippen molar-refractivity contribution in [2.45, 2.75) is 0 Å². The summed E-state index contributed by atoms with van der Waals surface area (Å²) in [6.07, 6.45) is 0. The Morgan fingerprint density at radius 2 is 1.69 bits per heavy atom. The van der Waals surface area contributed by atoms with Crippen LogP contribution in [-0.2, 0) is 0 Å². The minimum absolute atomic E-state index is 0.559. The van der Waals surface area contributed by atoms with Crippen LogP contribution in [0, 0.1) is 0 Å². The van der Waals surface area contributed by atoms with Crippen LogP contribution in [0.15, 0.2) is 48.5 Å². The van der Waals surface area contributed by atoms with E-state index in [0.717, 1.165) is 11.5 Å². The van der Waals surface area contributed by atoms with Crippen LogP contribution >= 0.6 is 0 Å². The number of benzene rings is 2. The van der Waals surface area contributed by atoms with Crippen LogP contribution < -0.4 is 15.2 Å². The Hall–Kier alpha value is -2.16. The molecule has 0 heterocycles. The van der Waals surface area contributed by atoms with Gasteiger partial charge in [0.05, 0.1) is 12.8 Å². The van der Waals surface area contributed by atoms with Crippen molar-refractivity contribution >= 4 is 5.69 Å². The number of rotatable bonds is 3. The second-order valence-electron chi connectivity index (χ2n) is 3.32. The Kier molecular flexibility index (Phi) is 2.96. The number of ether oxygens (including phenoxy) is 2. The molecule has 0 atom stereocenters. The molecule has 2 aromatic rings. The lowest BCUT2D eigenvalue weighted by Crippen LogP contribution is -1.93. The first-order chi connectivity index (χ1) is 7.79. The van der Waals surface area contributed by atoms with Crippen molar-refractivity contribution in [1.29, 1.82) is 0 Å². The minimum atomic E-state index is 0.559. The number of hydrogen-bond acceptors (Lipinski definition) is 3. The van der Waals surface area contributed by atoms with Gasteiger partial charge in [0, 0.05) is 6.07 Å². The van der Waals surface area contributed by atoms with Gasteiger partial charge in [-0.05, 0) is 24.3 Å². The van der Waals surface area contributed by atoms with Gasteiger partial charge in [-0.25, -0.2) is 0 Å². The average molecular weight is 215 g/mol. The number of para-hydroxylation sites is 1. The van der Waals surface area contributed by atoms with Crippen LogP contribution in [0.1, 0.15) is 0 Å². The van der Waals surface area contributed by atoms with Crippen LogP contribution in [-0.4, -0.2) is 7.11 Å². The summed E-state index contributed by atoms with van der Waals surface area (Å²) in [6, 6.07) is 14.9. The monoisotopic (exact) mass is 215 g/mol. The summed E-state index contributed by atoms with van der Waals surface area (Å²) < 4.78 is 10.7. The molecule has 0 radical (unpaired) electrons. The van der Waals surface area contributed by atoms with Gasteiger partial charge in [-0.3, -0.25) is 0 Å². The van der Waals surface area contributed by atoms with Gasteiger partial charge in [-0.2, -0.15) is 0 Å². The third-order valence-corrected chi connectivity index (χ3v) is 2.19. The van der Waals surface area contributed by atoms with E-state index in [9.17, 15) is 0 Å². The molecule has 0 fully saturated rings. The van der Waals surface area contributed by atoms with Crippen molar-refractivity contribution in [3.63, 3.8) is 0 Å². The van der Waals surface area contributed by atoms with Gasteiger partial charge in [0.25, 0.3) is 0 Å². The van der Waals surface area contributed by atoms with Crippen molar-refractivity contribution in [2.24, 2.45) is 0 Å². The molecule has 0 saturated carbocycles. The molecule has 0 aliphatic rings. The normalized spacial score (nSPS) is 9.81. The molecule has 0 aromatic heterocycles. The number of hydrogen-bond donors (Lipinski definition) is 1. The Balaban J connectivity index is 2.22. The molecule has 0 spiro atoms. The maximum absolute atomic E-state index is 5.84. The van der Waals surface area contributed by atoms with Gasteiger partial charge in [0.2, 0.25) is 0 Å². The molecule has 3 heteroatoms. The highest BCUT2D eigenvalue weighted by Gasteiger charge is 2.03. The molecule has 0 aliphatic carbocycles. The lowest BCUT2D eigenvalue weighted by molar-refractivity contribution is 0.413. The average Bonchev–Trinajstić information content (AvgIpc) is 2.33. The SMILES string of the molecule is COc1ccc(Oc2ccccc2)c(N)c1. The lowest BCUT2D eigenvalue weighted by Gasteiger charge is -2.09. The molecule has 16 heavy (non-hydrogen) atoms. The fourth-order valence-electron chi connectivity index (χ4n) is 1.36. The Morgan fingerprint density at radius 1 is 0.938 bits per heavy atom. The van der Waals surface area contributed by atoms with Crippen LogP contribution in [0.25, 0.3) is 0 Å². The number of methoxy groups -OCH3 is 1. The predicted octanol–water partition coefficient (Wildman–Crippen LogP) is 3.07. The standard InChI is InChI=1S/C13H13NO2/c1-15-11-7-8-13(12(14)9-11)16-10-5-3-2-4-6-10/h2-9H,14H2,1H3. The number of nitrogen functional groups attached to an aromatic ring is 1. The van der Waals surface area contributed by atoms with Crippen LogP contribution in [0.2, 0.25) is 0 Å². The first-order valence-electron chi connectivity index (χ1n) is 4.96. The third kappa shape index (κ3) is 2.25. The molecule has 2 aromatic carbocycles. The first kappa shape index (κ1) is 10.4. The molecule has 2 N–H and O–H groups in total. The molecule has 3 nitrogen and oxygen atoms in total. The minimum Gasteiger partial charge on any atom is -0.497 e. The zero-order chi connectivity index (χ0) is 11.4. The molecule has 0 aliphatic heterocycles. The van der Waals surface area contributed by atoms with Crippen molar-refractivity contribution in [3.8, 4) is 17.2 Å². The van der Waals surface area contributed by atoms with E-state index in [0.29, 0.717) is 11.4 Å². The maximum atomic E-state index is 5.84. The fourth-order valence-corrected chi connectivity index (χ4v) is 1.36. The van der Waals surface area contributed by atoms with E-state index in [2.05, 4.69) is 0 Å². The van der Waals surface area contributed by atoms with E-state index in [1.807, 2.05) is 36.4 Å². The third-order valence-electron chi connectivity index (χ3n) is 2.19. The quantitative estimate of drug-likeness (QED) is 0.800. The molecule has 0 amide bonds. The summed E-state index contributed by atoms with van der Waals surface area (Å²) >= 11 is 0. The van der Waals surface area contributed by atoms with Gasteiger partial charge in [0.1, 0.15) is 11.5 Å². The number of nitrogens with two attached hydrogens (primary N) is 1.